The summed E-state index contributed by atoms with van der Waals surface area (Å²) in [5, 5.41) is 17.9. The van der Waals surface area contributed by atoms with E-state index < -0.39 is 12.2 Å². The topological polar surface area (TPSA) is 70.0 Å². The SMILES string of the molecule is COC1CC(O)CN(C(=O)O)C1. The summed E-state index contributed by atoms with van der Waals surface area (Å²) < 4.78 is 4.98. The van der Waals surface area contributed by atoms with Crippen LogP contribution in [0.1, 0.15) is 6.42 Å². The molecule has 0 radical (unpaired) electrons. The lowest BCUT2D eigenvalue weighted by Crippen LogP contribution is -2.48. The minimum atomic E-state index is -1.00. The molecule has 1 aliphatic heterocycles. The highest BCUT2D eigenvalue weighted by Crippen LogP contribution is 2.12. The van der Waals surface area contributed by atoms with Crippen molar-refractivity contribution in [3.63, 3.8) is 0 Å². The molecule has 2 unspecified atom stereocenters. The van der Waals surface area contributed by atoms with Crippen LogP contribution >= 0.6 is 0 Å². The summed E-state index contributed by atoms with van der Waals surface area (Å²) in [5.74, 6) is 0. The molecule has 0 bridgehead atoms. The highest BCUT2D eigenvalue weighted by Gasteiger charge is 2.28. The molecule has 0 spiro atoms. The fourth-order valence-electron chi connectivity index (χ4n) is 1.35. The number of carbonyl (C=O) groups is 1. The van der Waals surface area contributed by atoms with Crippen molar-refractivity contribution in [3.8, 4) is 0 Å². The molecule has 0 aromatic heterocycles. The molecule has 2 atom stereocenters. The summed E-state index contributed by atoms with van der Waals surface area (Å²) in [6, 6.07) is 0. The van der Waals surface area contributed by atoms with Crippen LogP contribution in [-0.4, -0.2) is 53.6 Å². The second-order valence-electron chi connectivity index (χ2n) is 2.93. The first kappa shape index (κ1) is 9.28. The predicted octanol–water partition coefficient (Wildman–Crippen LogP) is -0.254. The number of ether oxygens (including phenoxy) is 1. The minimum absolute atomic E-state index is 0.176. The molecular weight excluding hydrogens is 162 g/mol. The van der Waals surface area contributed by atoms with Crippen LogP contribution in [0.4, 0.5) is 4.79 Å². The van der Waals surface area contributed by atoms with Gasteiger partial charge in [0.05, 0.1) is 25.3 Å². The monoisotopic (exact) mass is 175 g/mol. The van der Waals surface area contributed by atoms with Crippen LogP contribution in [0.2, 0.25) is 0 Å². The summed E-state index contributed by atoms with van der Waals surface area (Å²) in [5.41, 5.74) is 0. The van der Waals surface area contributed by atoms with Gasteiger partial charge in [-0.05, 0) is 0 Å². The van der Waals surface area contributed by atoms with Crippen LogP contribution in [0, 0.1) is 0 Å². The van der Waals surface area contributed by atoms with Gasteiger partial charge in [-0.2, -0.15) is 0 Å². The number of aliphatic hydroxyl groups excluding tert-OH is 1. The summed E-state index contributed by atoms with van der Waals surface area (Å²) >= 11 is 0. The standard InChI is InChI=1S/C7H13NO4/c1-12-6-2-5(9)3-8(4-6)7(10)11/h5-6,9H,2-4H2,1H3,(H,10,11). The van der Waals surface area contributed by atoms with Crippen LogP contribution in [0.3, 0.4) is 0 Å². The number of hydrogen-bond donors (Lipinski definition) is 2. The maximum Gasteiger partial charge on any atom is 0.407 e. The lowest BCUT2D eigenvalue weighted by Gasteiger charge is -2.32. The Morgan fingerprint density at radius 3 is 2.75 bits per heavy atom. The van der Waals surface area contributed by atoms with Crippen molar-refractivity contribution in [2.24, 2.45) is 0 Å². The van der Waals surface area contributed by atoms with E-state index >= 15 is 0 Å². The number of likely N-dealkylation sites (tertiary alicyclic amines) is 1. The number of β-amino-alcohol motifs (C(OH)–C–C–N with tert-alkyl or cyclic N) is 1. The van der Waals surface area contributed by atoms with Gasteiger partial charge in [-0.15, -0.1) is 0 Å². The van der Waals surface area contributed by atoms with E-state index in [9.17, 15) is 9.90 Å². The maximum absolute atomic E-state index is 10.5. The third kappa shape index (κ3) is 2.09. The Hall–Kier alpha value is -0.810. The quantitative estimate of drug-likeness (QED) is 0.576. The lowest BCUT2D eigenvalue weighted by atomic mass is 10.1. The maximum atomic E-state index is 10.5. The molecule has 0 aliphatic carbocycles. The van der Waals surface area contributed by atoms with Crippen LogP contribution in [0.15, 0.2) is 0 Å². The number of aliphatic hydroxyl groups is 1. The van der Waals surface area contributed by atoms with Crippen molar-refractivity contribution >= 4 is 6.09 Å². The average Bonchev–Trinajstić information content (AvgIpc) is 2.03. The van der Waals surface area contributed by atoms with Crippen molar-refractivity contribution in [1.82, 2.24) is 4.90 Å². The molecule has 0 aromatic carbocycles. The predicted molar refractivity (Wildman–Crippen MR) is 41.0 cm³/mol. The Morgan fingerprint density at radius 2 is 2.25 bits per heavy atom. The first-order chi connectivity index (χ1) is 5.63. The number of methoxy groups -OCH3 is 1. The molecule has 0 aromatic rings. The van der Waals surface area contributed by atoms with Crippen molar-refractivity contribution in [2.75, 3.05) is 20.2 Å². The zero-order valence-corrected chi connectivity index (χ0v) is 6.93. The molecular formula is C7H13NO4. The molecule has 1 fully saturated rings. The third-order valence-corrected chi connectivity index (χ3v) is 1.99. The fraction of sp³-hybridized carbons (Fsp3) is 0.857. The Morgan fingerprint density at radius 1 is 1.58 bits per heavy atom. The Kier molecular flexibility index (Phi) is 2.88. The van der Waals surface area contributed by atoms with Gasteiger partial charge in [0.15, 0.2) is 0 Å². The molecule has 5 nitrogen and oxygen atoms in total. The Bertz CT molecular complexity index is 173. The zero-order chi connectivity index (χ0) is 9.14. The van der Waals surface area contributed by atoms with E-state index in [2.05, 4.69) is 0 Å². The second kappa shape index (κ2) is 3.73. The Labute approximate surface area is 70.5 Å². The lowest BCUT2D eigenvalue weighted by molar-refractivity contribution is -0.0228. The molecule has 1 rings (SSSR count). The largest absolute Gasteiger partial charge is 0.465 e. The van der Waals surface area contributed by atoms with Gasteiger partial charge < -0.3 is 19.8 Å². The number of hydrogen-bond acceptors (Lipinski definition) is 3. The molecule has 1 amide bonds. The summed E-state index contributed by atoms with van der Waals surface area (Å²) in [4.78, 5) is 11.7. The van der Waals surface area contributed by atoms with Gasteiger partial charge in [0.1, 0.15) is 0 Å². The number of amides is 1. The normalized spacial score (nSPS) is 30.3. The smallest absolute Gasteiger partial charge is 0.407 e. The van der Waals surface area contributed by atoms with Crippen LogP contribution in [-0.2, 0) is 4.74 Å². The Balaban J connectivity index is 2.51. The second-order valence-corrected chi connectivity index (χ2v) is 2.93. The van der Waals surface area contributed by atoms with Gasteiger partial charge in [0, 0.05) is 13.5 Å². The molecule has 1 aliphatic rings. The van der Waals surface area contributed by atoms with Gasteiger partial charge in [0.2, 0.25) is 0 Å². The van der Waals surface area contributed by atoms with Crippen molar-refractivity contribution in [1.29, 1.82) is 0 Å². The van der Waals surface area contributed by atoms with E-state index in [-0.39, 0.29) is 12.6 Å². The first-order valence-electron chi connectivity index (χ1n) is 3.82. The van der Waals surface area contributed by atoms with Gasteiger partial charge >= 0.3 is 6.09 Å². The number of carboxylic acid groups (broad SMARTS) is 1. The summed E-state index contributed by atoms with van der Waals surface area (Å²) in [6.07, 6.45) is -1.26. The molecule has 5 heteroatoms. The first-order valence-corrected chi connectivity index (χ1v) is 3.82. The summed E-state index contributed by atoms with van der Waals surface area (Å²) in [6.45, 7) is 0.540. The van der Waals surface area contributed by atoms with Gasteiger partial charge in [-0.25, -0.2) is 4.79 Å². The number of piperidine rings is 1. The van der Waals surface area contributed by atoms with E-state index in [1.807, 2.05) is 0 Å². The zero-order valence-electron chi connectivity index (χ0n) is 6.93. The van der Waals surface area contributed by atoms with E-state index in [1.165, 1.54) is 12.0 Å². The average molecular weight is 175 g/mol. The van der Waals surface area contributed by atoms with E-state index in [0.29, 0.717) is 13.0 Å². The van der Waals surface area contributed by atoms with Crippen molar-refractivity contribution < 1.29 is 19.7 Å². The molecule has 0 saturated carbocycles. The molecule has 1 saturated heterocycles. The molecule has 12 heavy (non-hydrogen) atoms. The van der Waals surface area contributed by atoms with Crippen LogP contribution < -0.4 is 0 Å². The van der Waals surface area contributed by atoms with Crippen molar-refractivity contribution in [2.45, 2.75) is 18.6 Å². The van der Waals surface area contributed by atoms with Gasteiger partial charge in [-0.3, -0.25) is 0 Å². The highest BCUT2D eigenvalue weighted by atomic mass is 16.5. The minimum Gasteiger partial charge on any atom is -0.465 e. The van der Waals surface area contributed by atoms with Crippen molar-refractivity contribution in [3.05, 3.63) is 0 Å². The molecule has 2 N–H and O–H groups in total. The van der Waals surface area contributed by atoms with Crippen LogP contribution in [0.25, 0.3) is 0 Å². The van der Waals surface area contributed by atoms with E-state index in [0.717, 1.165) is 0 Å². The van der Waals surface area contributed by atoms with E-state index in [1.54, 1.807) is 0 Å². The molecule has 1 heterocycles. The third-order valence-electron chi connectivity index (χ3n) is 1.99. The van der Waals surface area contributed by atoms with E-state index in [4.69, 9.17) is 9.84 Å². The number of nitrogens with zero attached hydrogens (tertiary/aromatic N) is 1. The molecule has 70 valence electrons. The van der Waals surface area contributed by atoms with Crippen LogP contribution in [0.5, 0.6) is 0 Å². The van der Waals surface area contributed by atoms with Gasteiger partial charge in [-0.1, -0.05) is 0 Å². The fourth-order valence-corrected chi connectivity index (χ4v) is 1.35. The number of rotatable bonds is 1. The van der Waals surface area contributed by atoms with Gasteiger partial charge in [0.25, 0.3) is 0 Å². The summed E-state index contributed by atoms with van der Waals surface area (Å²) in [7, 11) is 1.52. The highest BCUT2D eigenvalue weighted by molar-refractivity contribution is 5.65.